The van der Waals surface area contributed by atoms with E-state index in [0.29, 0.717) is 23.1 Å². The van der Waals surface area contributed by atoms with Gasteiger partial charge < -0.3 is 10.0 Å². The first-order valence-corrected chi connectivity index (χ1v) is 6.91. The van der Waals surface area contributed by atoms with E-state index in [1.807, 2.05) is 6.92 Å². The molecule has 1 N–H and O–H groups in total. The highest BCUT2D eigenvalue weighted by Crippen LogP contribution is 2.24. The van der Waals surface area contributed by atoms with E-state index in [2.05, 4.69) is 20.9 Å². The number of likely N-dealkylation sites (tertiary alicyclic amines) is 1. The fourth-order valence-corrected chi connectivity index (χ4v) is 2.81. The maximum absolute atomic E-state index is 12.4. The van der Waals surface area contributed by atoms with Crippen LogP contribution in [0.2, 0.25) is 0 Å². The molecule has 6 heteroatoms. The Balaban J connectivity index is 2.19. The van der Waals surface area contributed by atoms with Crippen molar-refractivity contribution in [1.82, 2.24) is 9.88 Å². The smallest absolute Gasteiger partial charge is 0.308 e. The zero-order chi connectivity index (χ0) is 14.0. The number of carbonyl (C=O) groups is 2. The van der Waals surface area contributed by atoms with Crippen LogP contribution in [-0.2, 0) is 4.79 Å². The number of amides is 1. The largest absolute Gasteiger partial charge is 0.481 e. The maximum atomic E-state index is 12.4. The van der Waals surface area contributed by atoms with Crippen LogP contribution in [0.15, 0.2) is 22.8 Å². The second-order valence-corrected chi connectivity index (χ2v) is 5.77. The molecule has 1 amide bonds. The zero-order valence-electron chi connectivity index (χ0n) is 10.5. The van der Waals surface area contributed by atoms with Crippen molar-refractivity contribution >= 4 is 27.8 Å². The summed E-state index contributed by atoms with van der Waals surface area (Å²) < 4.78 is 0.630. The van der Waals surface area contributed by atoms with Crippen LogP contribution in [-0.4, -0.2) is 40.0 Å². The number of aliphatic carboxylic acids is 1. The molecule has 102 valence electrons. The summed E-state index contributed by atoms with van der Waals surface area (Å²) in [5, 5.41) is 9.12. The van der Waals surface area contributed by atoms with Gasteiger partial charge in [0.2, 0.25) is 0 Å². The first-order chi connectivity index (χ1) is 8.99. The molecular weight excluding hydrogens is 312 g/mol. The monoisotopic (exact) mass is 326 g/mol. The lowest BCUT2D eigenvalue weighted by molar-refractivity contribution is -0.143. The molecule has 0 spiro atoms. The van der Waals surface area contributed by atoms with Gasteiger partial charge in [0.15, 0.2) is 0 Å². The van der Waals surface area contributed by atoms with Crippen LogP contribution in [0.4, 0.5) is 0 Å². The number of nitrogens with zero attached hydrogens (tertiary/aromatic N) is 2. The van der Waals surface area contributed by atoms with Gasteiger partial charge >= 0.3 is 5.97 Å². The van der Waals surface area contributed by atoms with Gasteiger partial charge in [0.1, 0.15) is 5.69 Å². The van der Waals surface area contributed by atoms with Gasteiger partial charge in [-0.05, 0) is 40.4 Å². The van der Waals surface area contributed by atoms with E-state index in [1.165, 1.54) is 0 Å². The van der Waals surface area contributed by atoms with Gasteiger partial charge in [-0.2, -0.15) is 0 Å². The molecule has 1 aliphatic heterocycles. The number of piperidine rings is 1. The molecule has 1 aromatic rings. The summed E-state index contributed by atoms with van der Waals surface area (Å²) in [5.74, 6) is -1.37. The molecule has 19 heavy (non-hydrogen) atoms. The number of pyridine rings is 1. The number of rotatable bonds is 2. The first kappa shape index (κ1) is 14.0. The van der Waals surface area contributed by atoms with E-state index in [9.17, 15) is 9.59 Å². The average molecular weight is 327 g/mol. The van der Waals surface area contributed by atoms with E-state index < -0.39 is 11.9 Å². The molecule has 1 saturated heterocycles. The van der Waals surface area contributed by atoms with E-state index in [4.69, 9.17) is 5.11 Å². The zero-order valence-corrected chi connectivity index (χ0v) is 12.1. The number of hydrogen-bond acceptors (Lipinski definition) is 3. The van der Waals surface area contributed by atoms with E-state index >= 15 is 0 Å². The summed E-state index contributed by atoms with van der Waals surface area (Å²) >= 11 is 3.30. The molecule has 1 aliphatic rings. The Bertz CT molecular complexity index is 506. The van der Waals surface area contributed by atoms with E-state index in [-0.39, 0.29) is 18.4 Å². The molecule has 0 bridgehead atoms. The highest BCUT2D eigenvalue weighted by atomic mass is 79.9. The fraction of sp³-hybridized carbons (Fsp3) is 0.462. The molecule has 0 saturated carbocycles. The van der Waals surface area contributed by atoms with Crippen molar-refractivity contribution in [2.75, 3.05) is 13.1 Å². The van der Waals surface area contributed by atoms with Crippen molar-refractivity contribution in [2.45, 2.75) is 13.3 Å². The van der Waals surface area contributed by atoms with Crippen LogP contribution in [0, 0.1) is 11.8 Å². The SMILES string of the molecule is CC1CC(C(=O)O)CN(C(=O)c2ncccc2Br)C1. The fourth-order valence-electron chi connectivity index (χ4n) is 2.39. The molecule has 2 atom stereocenters. The first-order valence-electron chi connectivity index (χ1n) is 6.11. The summed E-state index contributed by atoms with van der Waals surface area (Å²) in [6, 6.07) is 3.49. The van der Waals surface area contributed by atoms with Crippen molar-refractivity contribution in [3.8, 4) is 0 Å². The Kier molecular flexibility index (Phi) is 4.19. The van der Waals surface area contributed by atoms with E-state index in [0.717, 1.165) is 0 Å². The van der Waals surface area contributed by atoms with Crippen molar-refractivity contribution < 1.29 is 14.7 Å². The lowest BCUT2D eigenvalue weighted by atomic mass is 9.90. The van der Waals surface area contributed by atoms with Gasteiger partial charge in [-0.3, -0.25) is 9.59 Å². The highest BCUT2D eigenvalue weighted by molar-refractivity contribution is 9.10. The van der Waals surface area contributed by atoms with Crippen LogP contribution >= 0.6 is 15.9 Å². The molecular formula is C13H15BrN2O3. The second kappa shape index (κ2) is 5.69. The molecule has 2 unspecified atom stereocenters. The minimum Gasteiger partial charge on any atom is -0.481 e. The van der Waals surface area contributed by atoms with Crippen molar-refractivity contribution in [1.29, 1.82) is 0 Å². The van der Waals surface area contributed by atoms with Gasteiger partial charge in [0.05, 0.1) is 5.92 Å². The van der Waals surface area contributed by atoms with Crippen LogP contribution in [0.25, 0.3) is 0 Å². The molecule has 1 aromatic heterocycles. The third-order valence-electron chi connectivity index (χ3n) is 3.26. The molecule has 1 fully saturated rings. The van der Waals surface area contributed by atoms with Crippen LogP contribution in [0.1, 0.15) is 23.8 Å². The normalized spacial score (nSPS) is 23.2. The summed E-state index contributed by atoms with van der Waals surface area (Å²) in [6.45, 7) is 2.79. The van der Waals surface area contributed by atoms with Crippen LogP contribution in [0.5, 0.6) is 0 Å². The second-order valence-electron chi connectivity index (χ2n) is 4.92. The van der Waals surface area contributed by atoms with Gasteiger partial charge in [-0.1, -0.05) is 6.92 Å². The predicted octanol–water partition coefficient (Wildman–Crippen LogP) is 2.03. The molecule has 5 nitrogen and oxygen atoms in total. The lowest BCUT2D eigenvalue weighted by Gasteiger charge is -2.34. The third-order valence-corrected chi connectivity index (χ3v) is 3.90. The number of aromatic nitrogens is 1. The number of carbonyl (C=O) groups excluding carboxylic acids is 1. The number of halogens is 1. The van der Waals surface area contributed by atoms with Crippen molar-refractivity contribution in [3.63, 3.8) is 0 Å². The van der Waals surface area contributed by atoms with Crippen molar-refractivity contribution in [2.24, 2.45) is 11.8 Å². The van der Waals surface area contributed by atoms with Gasteiger partial charge in [-0.25, -0.2) is 4.98 Å². The number of hydrogen-bond donors (Lipinski definition) is 1. The average Bonchev–Trinajstić information content (AvgIpc) is 2.37. The Morgan fingerprint density at radius 2 is 2.21 bits per heavy atom. The highest BCUT2D eigenvalue weighted by Gasteiger charge is 2.33. The van der Waals surface area contributed by atoms with Crippen LogP contribution in [0.3, 0.4) is 0 Å². The van der Waals surface area contributed by atoms with Gasteiger partial charge in [0, 0.05) is 23.8 Å². The standard InChI is InChI=1S/C13H15BrN2O3/c1-8-5-9(13(18)19)7-16(6-8)12(17)11-10(14)3-2-4-15-11/h2-4,8-9H,5-7H2,1H3,(H,18,19). The third kappa shape index (κ3) is 3.12. The molecule has 0 aliphatic carbocycles. The molecule has 2 heterocycles. The molecule has 0 radical (unpaired) electrons. The summed E-state index contributed by atoms with van der Waals surface area (Å²) in [6.07, 6.45) is 2.17. The topological polar surface area (TPSA) is 70.5 Å². The molecule has 2 rings (SSSR count). The number of carboxylic acids is 1. The minimum atomic E-state index is -0.843. The Morgan fingerprint density at radius 1 is 1.47 bits per heavy atom. The summed E-state index contributed by atoms with van der Waals surface area (Å²) in [4.78, 5) is 29.1. The summed E-state index contributed by atoms with van der Waals surface area (Å²) in [7, 11) is 0. The Hall–Kier alpha value is -1.43. The Labute approximate surface area is 119 Å². The van der Waals surface area contributed by atoms with Gasteiger partial charge in [-0.15, -0.1) is 0 Å². The van der Waals surface area contributed by atoms with E-state index in [1.54, 1.807) is 23.2 Å². The Morgan fingerprint density at radius 3 is 2.84 bits per heavy atom. The maximum Gasteiger partial charge on any atom is 0.308 e. The predicted molar refractivity (Wildman–Crippen MR) is 72.7 cm³/mol. The molecule has 0 aromatic carbocycles. The lowest BCUT2D eigenvalue weighted by Crippen LogP contribution is -2.45. The van der Waals surface area contributed by atoms with Gasteiger partial charge in [0.25, 0.3) is 5.91 Å². The minimum absolute atomic E-state index is 0.182. The number of carboxylic acid groups (broad SMARTS) is 1. The van der Waals surface area contributed by atoms with Crippen molar-refractivity contribution in [3.05, 3.63) is 28.5 Å². The van der Waals surface area contributed by atoms with Crippen LogP contribution < -0.4 is 0 Å². The summed E-state index contributed by atoms with van der Waals surface area (Å²) in [5.41, 5.74) is 0.334. The quantitative estimate of drug-likeness (QED) is 0.902.